The van der Waals surface area contributed by atoms with E-state index in [0.29, 0.717) is 5.03 Å². The predicted octanol–water partition coefficient (Wildman–Crippen LogP) is 2.93. The van der Waals surface area contributed by atoms with Gasteiger partial charge in [0.15, 0.2) is 5.78 Å². The summed E-state index contributed by atoms with van der Waals surface area (Å²) in [6.45, 7) is 1.36. The van der Waals surface area contributed by atoms with Crippen LogP contribution in [0.3, 0.4) is 0 Å². The third-order valence-corrected chi connectivity index (χ3v) is 2.82. The van der Waals surface area contributed by atoms with Crippen molar-refractivity contribution in [3.8, 4) is 0 Å². The Morgan fingerprint density at radius 2 is 2.29 bits per heavy atom. The molecule has 0 aromatic heterocycles. The average molecular weight is 233 g/mol. The SMILES string of the molecule is CC(=O)C=C(O)C1C=CC=C(Cl)C1Cl. The molecule has 0 aromatic carbocycles. The molecule has 4 heteroatoms. The molecule has 2 unspecified atom stereocenters. The normalized spacial score (nSPS) is 27.4. The van der Waals surface area contributed by atoms with Crippen LogP contribution in [0.4, 0.5) is 0 Å². The van der Waals surface area contributed by atoms with Crippen molar-refractivity contribution in [1.29, 1.82) is 0 Å². The van der Waals surface area contributed by atoms with E-state index in [2.05, 4.69) is 0 Å². The van der Waals surface area contributed by atoms with Gasteiger partial charge in [-0.2, -0.15) is 0 Å². The highest BCUT2D eigenvalue weighted by Crippen LogP contribution is 2.31. The Labute approximate surface area is 92.5 Å². The van der Waals surface area contributed by atoms with Crippen LogP contribution in [-0.2, 0) is 4.79 Å². The second kappa shape index (κ2) is 4.67. The Balaban J connectivity index is 2.86. The number of halogens is 2. The van der Waals surface area contributed by atoms with E-state index >= 15 is 0 Å². The van der Waals surface area contributed by atoms with E-state index in [1.54, 1.807) is 18.2 Å². The van der Waals surface area contributed by atoms with Crippen LogP contribution in [0.25, 0.3) is 0 Å². The molecule has 76 valence electrons. The van der Waals surface area contributed by atoms with Crippen molar-refractivity contribution in [2.75, 3.05) is 0 Å². The minimum absolute atomic E-state index is 0.0556. The zero-order valence-electron chi connectivity index (χ0n) is 7.58. The van der Waals surface area contributed by atoms with Crippen LogP contribution in [0.15, 0.2) is 35.1 Å². The summed E-state index contributed by atoms with van der Waals surface area (Å²) in [6, 6.07) is 0. The second-order valence-electron chi connectivity index (χ2n) is 3.04. The van der Waals surface area contributed by atoms with Crippen molar-refractivity contribution in [1.82, 2.24) is 0 Å². The fraction of sp³-hybridized carbons (Fsp3) is 0.300. The smallest absolute Gasteiger partial charge is 0.155 e. The third kappa shape index (κ3) is 2.63. The second-order valence-corrected chi connectivity index (χ2v) is 3.95. The zero-order valence-corrected chi connectivity index (χ0v) is 9.09. The van der Waals surface area contributed by atoms with E-state index in [0.717, 1.165) is 6.08 Å². The van der Waals surface area contributed by atoms with E-state index < -0.39 is 11.3 Å². The molecule has 0 amide bonds. The molecule has 2 atom stereocenters. The number of rotatable bonds is 2. The number of alkyl halides is 1. The van der Waals surface area contributed by atoms with Crippen LogP contribution in [-0.4, -0.2) is 16.3 Å². The number of hydrogen-bond acceptors (Lipinski definition) is 2. The van der Waals surface area contributed by atoms with Gasteiger partial charge in [0, 0.05) is 11.1 Å². The molecule has 0 saturated heterocycles. The molecule has 0 bridgehead atoms. The molecule has 0 aromatic rings. The van der Waals surface area contributed by atoms with E-state index in [9.17, 15) is 9.90 Å². The van der Waals surface area contributed by atoms with Gasteiger partial charge in [-0.15, -0.1) is 11.6 Å². The summed E-state index contributed by atoms with van der Waals surface area (Å²) in [7, 11) is 0. The van der Waals surface area contributed by atoms with Crippen LogP contribution in [0.5, 0.6) is 0 Å². The van der Waals surface area contributed by atoms with Gasteiger partial charge in [0.05, 0.1) is 11.3 Å². The molecule has 0 fully saturated rings. The van der Waals surface area contributed by atoms with E-state index in [4.69, 9.17) is 23.2 Å². The Morgan fingerprint density at radius 3 is 2.86 bits per heavy atom. The number of ketones is 1. The van der Waals surface area contributed by atoms with Crippen molar-refractivity contribution in [3.63, 3.8) is 0 Å². The van der Waals surface area contributed by atoms with Gasteiger partial charge in [0.25, 0.3) is 0 Å². The van der Waals surface area contributed by atoms with Crippen molar-refractivity contribution in [3.05, 3.63) is 35.1 Å². The van der Waals surface area contributed by atoms with Crippen LogP contribution in [0.2, 0.25) is 0 Å². The molecule has 1 aliphatic carbocycles. The van der Waals surface area contributed by atoms with Crippen LogP contribution >= 0.6 is 23.2 Å². The Bertz CT molecular complexity index is 329. The third-order valence-electron chi connectivity index (χ3n) is 1.85. The number of aliphatic hydroxyl groups is 1. The summed E-state index contributed by atoms with van der Waals surface area (Å²) in [4.78, 5) is 10.7. The highest BCUT2D eigenvalue weighted by molar-refractivity contribution is 6.37. The van der Waals surface area contributed by atoms with Crippen molar-refractivity contribution < 1.29 is 9.90 Å². The first-order chi connectivity index (χ1) is 6.52. The van der Waals surface area contributed by atoms with E-state index in [1.165, 1.54) is 6.92 Å². The van der Waals surface area contributed by atoms with Crippen molar-refractivity contribution >= 4 is 29.0 Å². The first kappa shape index (κ1) is 11.3. The van der Waals surface area contributed by atoms with Gasteiger partial charge in [0.1, 0.15) is 5.76 Å². The molecule has 0 aliphatic heterocycles. The fourth-order valence-electron chi connectivity index (χ4n) is 1.18. The first-order valence-corrected chi connectivity index (χ1v) is 4.93. The summed E-state index contributed by atoms with van der Waals surface area (Å²) in [5, 5.41) is 9.51. The molecule has 1 aliphatic rings. The number of allylic oxidation sites excluding steroid dienone is 5. The molecule has 1 rings (SSSR count). The van der Waals surface area contributed by atoms with E-state index in [-0.39, 0.29) is 11.5 Å². The summed E-state index contributed by atoms with van der Waals surface area (Å²) >= 11 is 11.7. The van der Waals surface area contributed by atoms with Crippen LogP contribution < -0.4 is 0 Å². The van der Waals surface area contributed by atoms with Gasteiger partial charge in [0.2, 0.25) is 0 Å². The molecular weight excluding hydrogens is 223 g/mol. The van der Waals surface area contributed by atoms with Gasteiger partial charge in [-0.3, -0.25) is 4.79 Å². The molecule has 14 heavy (non-hydrogen) atoms. The van der Waals surface area contributed by atoms with Gasteiger partial charge >= 0.3 is 0 Å². The predicted molar refractivity (Wildman–Crippen MR) is 57.6 cm³/mol. The Kier molecular flexibility index (Phi) is 3.78. The number of aliphatic hydroxyl groups excluding tert-OH is 1. The maximum absolute atomic E-state index is 10.7. The summed E-state index contributed by atoms with van der Waals surface area (Å²) in [5.41, 5.74) is 0. The monoisotopic (exact) mass is 232 g/mol. The zero-order chi connectivity index (χ0) is 10.7. The van der Waals surface area contributed by atoms with Gasteiger partial charge < -0.3 is 5.11 Å². The maximum Gasteiger partial charge on any atom is 0.155 e. The minimum Gasteiger partial charge on any atom is -0.511 e. The fourth-order valence-corrected chi connectivity index (χ4v) is 1.68. The first-order valence-electron chi connectivity index (χ1n) is 4.11. The molecule has 0 spiro atoms. The van der Waals surface area contributed by atoms with Gasteiger partial charge in [-0.1, -0.05) is 23.8 Å². The molecule has 0 radical (unpaired) electrons. The Hall–Kier alpha value is -0.730. The van der Waals surface area contributed by atoms with E-state index in [1.807, 2.05) is 0 Å². The maximum atomic E-state index is 10.7. The van der Waals surface area contributed by atoms with Gasteiger partial charge in [-0.25, -0.2) is 0 Å². The average Bonchev–Trinajstić information content (AvgIpc) is 2.08. The largest absolute Gasteiger partial charge is 0.511 e. The van der Waals surface area contributed by atoms with Crippen LogP contribution in [0, 0.1) is 5.92 Å². The Morgan fingerprint density at radius 1 is 1.64 bits per heavy atom. The quantitative estimate of drug-likeness (QED) is 0.452. The molecule has 0 heterocycles. The molecular formula is C10H10Cl2O2. The lowest BCUT2D eigenvalue weighted by Crippen LogP contribution is -2.18. The minimum atomic E-state index is -0.503. The molecule has 0 saturated carbocycles. The molecule has 2 nitrogen and oxygen atoms in total. The topological polar surface area (TPSA) is 37.3 Å². The lowest BCUT2D eigenvalue weighted by Gasteiger charge is -2.20. The van der Waals surface area contributed by atoms with Crippen molar-refractivity contribution in [2.24, 2.45) is 5.92 Å². The summed E-state index contributed by atoms with van der Waals surface area (Å²) < 4.78 is 0. The number of carbonyl (C=O) groups excluding carboxylic acids is 1. The summed E-state index contributed by atoms with van der Waals surface area (Å²) in [6.07, 6.45) is 6.23. The summed E-state index contributed by atoms with van der Waals surface area (Å²) in [5.74, 6) is -0.691. The lowest BCUT2D eigenvalue weighted by atomic mass is 9.97. The highest BCUT2D eigenvalue weighted by atomic mass is 35.5. The standard InChI is InChI=1S/C10H10Cl2O2/c1-6(13)5-9(14)7-3-2-4-8(11)10(7)12/h2-5,7,10,14H,1H3. The highest BCUT2D eigenvalue weighted by Gasteiger charge is 2.25. The van der Waals surface area contributed by atoms with Gasteiger partial charge in [-0.05, 0) is 13.0 Å². The van der Waals surface area contributed by atoms with Crippen molar-refractivity contribution in [2.45, 2.75) is 12.3 Å². The lowest BCUT2D eigenvalue weighted by molar-refractivity contribution is -0.112. The number of hydrogen-bond donors (Lipinski definition) is 1. The number of carbonyl (C=O) groups is 1. The van der Waals surface area contributed by atoms with Crippen LogP contribution in [0.1, 0.15) is 6.92 Å². The molecule has 1 N–H and O–H groups in total.